The van der Waals surface area contributed by atoms with Crippen LogP contribution in [0.2, 0.25) is 5.15 Å². The number of hydrogen-bond acceptors (Lipinski definition) is 7. The third kappa shape index (κ3) is 4.06. The van der Waals surface area contributed by atoms with Gasteiger partial charge < -0.3 is 14.5 Å². The standard InChI is InChI=1S/C22H27ClFN5O4S/c1-22(2,3)33-21(31)28-9-11-7-27(8-12(11)10-28)18-14-16(25-20(26-18)34(4)32)15(24)17(23)29(19(14)30)13-5-6-13/h11-13H,5-10H2,1-4H3. The van der Waals surface area contributed by atoms with Crippen LogP contribution in [0.5, 0.6) is 0 Å². The second-order valence-corrected chi connectivity index (χ2v) is 12.0. The lowest BCUT2D eigenvalue weighted by molar-refractivity contribution is 0.0282. The van der Waals surface area contributed by atoms with E-state index in [9.17, 15) is 13.8 Å². The number of anilines is 1. The Bertz CT molecular complexity index is 1260. The van der Waals surface area contributed by atoms with Crippen molar-refractivity contribution in [1.82, 2.24) is 19.4 Å². The Hall–Kier alpha value is -2.27. The molecule has 2 saturated heterocycles. The molecule has 5 rings (SSSR count). The molecule has 1 amide bonds. The molecule has 2 aliphatic heterocycles. The molecule has 3 fully saturated rings. The van der Waals surface area contributed by atoms with Crippen molar-refractivity contribution in [3.8, 4) is 0 Å². The minimum atomic E-state index is -1.58. The van der Waals surface area contributed by atoms with Crippen molar-refractivity contribution >= 4 is 45.2 Å². The van der Waals surface area contributed by atoms with E-state index in [2.05, 4.69) is 9.97 Å². The molecular formula is C22H27ClFN5O4S. The predicted molar refractivity (Wildman–Crippen MR) is 126 cm³/mol. The van der Waals surface area contributed by atoms with Crippen molar-refractivity contribution in [1.29, 1.82) is 0 Å². The number of aromatic nitrogens is 3. The molecule has 3 atom stereocenters. The normalized spacial score (nSPS) is 23.5. The summed E-state index contributed by atoms with van der Waals surface area (Å²) in [6, 6.07) is -0.132. The summed E-state index contributed by atoms with van der Waals surface area (Å²) >= 11 is 6.21. The molecule has 1 aliphatic carbocycles. The number of fused-ring (bicyclic) bond motifs is 2. The maximum Gasteiger partial charge on any atom is 0.410 e. The van der Waals surface area contributed by atoms with Crippen LogP contribution in [0.25, 0.3) is 10.9 Å². The number of hydrogen-bond donors (Lipinski definition) is 0. The highest BCUT2D eigenvalue weighted by atomic mass is 35.5. The Morgan fingerprint density at radius 2 is 1.76 bits per heavy atom. The molecule has 0 aromatic carbocycles. The molecule has 2 aromatic heterocycles. The van der Waals surface area contributed by atoms with Gasteiger partial charge in [0.15, 0.2) is 11.0 Å². The van der Waals surface area contributed by atoms with E-state index in [1.54, 1.807) is 4.90 Å². The summed E-state index contributed by atoms with van der Waals surface area (Å²) in [5, 5.41) is -0.260. The fourth-order valence-electron chi connectivity index (χ4n) is 4.86. The molecule has 0 radical (unpaired) electrons. The minimum absolute atomic E-state index is 0.0477. The van der Waals surface area contributed by atoms with E-state index in [0.717, 1.165) is 12.8 Å². The van der Waals surface area contributed by atoms with E-state index in [0.29, 0.717) is 26.2 Å². The summed E-state index contributed by atoms with van der Waals surface area (Å²) < 4.78 is 34.3. The van der Waals surface area contributed by atoms with Crippen molar-refractivity contribution < 1.29 is 18.1 Å². The van der Waals surface area contributed by atoms with Crippen LogP contribution in [0.4, 0.5) is 15.0 Å². The van der Waals surface area contributed by atoms with E-state index in [-0.39, 0.29) is 51.0 Å². The van der Waals surface area contributed by atoms with Crippen molar-refractivity contribution in [3.05, 3.63) is 21.3 Å². The number of pyridine rings is 1. The molecule has 4 heterocycles. The molecule has 12 heteroatoms. The zero-order valence-corrected chi connectivity index (χ0v) is 21.1. The van der Waals surface area contributed by atoms with Gasteiger partial charge in [0.05, 0.1) is 10.8 Å². The van der Waals surface area contributed by atoms with Crippen LogP contribution in [-0.2, 0) is 15.5 Å². The highest BCUT2D eigenvalue weighted by Gasteiger charge is 2.44. The fraction of sp³-hybridized carbons (Fsp3) is 0.636. The van der Waals surface area contributed by atoms with Crippen LogP contribution >= 0.6 is 11.6 Å². The van der Waals surface area contributed by atoms with Crippen molar-refractivity contribution in [3.63, 3.8) is 0 Å². The summed E-state index contributed by atoms with van der Waals surface area (Å²) in [5.74, 6) is -0.218. The summed E-state index contributed by atoms with van der Waals surface area (Å²) in [6.07, 6.45) is 2.58. The van der Waals surface area contributed by atoms with Crippen molar-refractivity contribution in [2.45, 2.75) is 50.4 Å². The molecule has 34 heavy (non-hydrogen) atoms. The van der Waals surface area contributed by atoms with Crippen LogP contribution in [0.1, 0.15) is 39.7 Å². The van der Waals surface area contributed by atoms with E-state index in [4.69, 9.17) is 16.3 Å². The van der Waals surface area contributed by atoms with Crippen LogP contribution in [0.15, 0.2) is 9.95 Å². The zero-order valence-electron chi connectivity index (χ0n) is 19.5. The Morgan fingerprint density at radius 3 is 2.29 bits per heavy atom. The van der Waals surface area contributed by atoms with E-state index < -0.39 is 27.8 Å². The van der Waals surface area contributed by atoms with E-state index in [1.165, 1.54) is 10.8 Å². The van der Waals surface area contributed by atoms with Crippen molar-refractivity contribution in [2.75, 3.05) is 37.3 Å². The number of ether oxygens (including phenoxy) is 1. The Balaban J connectivity index is 1.51. The molecule has 1 saturated carbocycles. The number of carbonyl (C=O) groups excluding carboxylic acids is 1. The first-order valence-electron chi connectivity index (χ1n) is 11.3. The largest absolute Gasteiger partial charge is 0.444 e. The number of amides is 1. The molecule has 0 N–H and O–H groups in total. The number of likely N-dealkylation sites (tertiary alicyclic amines) is 1. The van der Waals surface area contributed by atoms with Gasteiger partial charge >= 0.3 is 6.09 Å². The number of nitrogens with zero attached hydrogens (tertiary/aromatic N) is 5. The lowest BCUT2D eigenvalue weighted by atomic mass is 10.0. The van der Waals surface area contributed by atoms with E-state index >= 15 is 4.39 Å². The van der Waals surface area contributed by atoms with Gasteiger partial charge in [0.2, 0.25) is 5.16 Å². The van der Waals surface area contributed by atoms with Gasteiger partial charge in [-0.3, -0.25) is 13.6 Å². The smallest absolute Gasteiger partial charge is 0.410 e. The van der Waals surface area contributed by atoms with Gasteiger partial charge in [-0.25, -0.2) is 19.2 Å². The molecule has 184 valence electrons. The maximum atomic E-state index is 15.3. The zero-order chi connectivity index (χ0) is 24.5. The van der Waals surface area contributed by atoms with Crippen molar-refractivity contribution in [2.24, 2.45) is 11.8 Å². The lowest BCUT2D eigenvalue weighted by Gasteiger charge is -2.26. The fourth-order valence-corrected chi connectivity index (χ4v) is 5.59. The van der Waals surface area contributed by atoms with Gasteiger partial charge in [-0.15, -0.1) is 0 Å². The van der Waals surface area contributed by atoms with Gasteiger partial charge in [0, 0.05) is 50.3 Å². The first-order valence-corrected chi connectivity index (χ1v) is 13.3. The molecule has 0 bridgehead atoms. The number of carbonyl (C=O) groups is 1. The lowest BCUT2D eigenvalue weighted by Crippen LogP contribution is -2.38. The SMILES string of the molecule is CS(=O)c1nc(N2CC3CN(C(=O)OC(C)(C)C)CC3C2)c2c(=O)n(C3CC3)c(Cl)c(F)c2n1. The monoisotopic (exact) mass is 511 g/mol. The Kier molecular flexibility index (Phi) is 5.63. The summed E-state index contributed by atoms with van der Waals surface area (Å²) in [4.78, 5) is 38.1. The van der Waals surface area contributed by atoms with Gasteiger partial charge in [0.1, 0.15) is 22.3 Å². The molecule has 2 aromatic rings. The summed E-state index contributed by atoms with van der Waals surface area (Å²) in [6.45, 7) is 7.60. The first-order chi connectivity index (χ1) is 15.9. The third-order valence-electron chi connectivity index (χ3n) is 6.51. The van der Waals surface area contributed by atoms with Crippen LogP contribution in [0.3, 0.4) is 0 Å². The van der Waals surface area contributed by atoms with Crippen LogP contribution in [0, 0.1) is 17.7 Å². The van der Waals surface area contributed by atoms with Gasteiger partial charge in [0.25, 0.3) is 5.56 Å². The van der Waals surface area contributed by atoms with Gasteiger partial charge in [-0.1, -0.05) is 11.6 Å². The second-order valence-electron chi connectivity index (χ2n) is 10.3. The molecular weight excluding hydrogens is 485 g/mol. The van der Waals surface area contributed by atoms with Crippen LogP contribution < -0.4 is 10.5 Å². The van der Waals surface area contributed by atoms with Gasteiger partial charge in [-0.05, 0) is 33.6 Å². The quantitative estimate of drug-likeness (QED) is 0.461. The highest BCUT2D eigenvalue weighted by molar-refractivity contribution is 7.84. The second kappa shape index (κ2) is 8.15. The first kappa shape index (κ1) is 23.5. The molecule has 3 unspecified atom stereocenters. The molecule has 9 nitrogen and oxygen atoms in total. The number of rotatable bonds is 3. The summed E-state index contributed by atoms with van der Waals surface area (Å²) in [7, 11) is -1.58. The Morgan fingerprint density at radius 1 is 1.15 bits per heavy atom. The van der Waals surface area contributed by atoms with Gasteiger partial charge in [-0.2, -0.15) is 0 Å². The maximum absolute atomic E-state index is 15.3. The predicted octanol–water partition coefficient (Wildman–Crippen LogP) is 2.96. The average Bonchev–Trinajstić information content (AvgIpc) is 3.36. The molecule has 3 aliphatic rings. The highest BCUT2D eigenvalue weighted by Crippen LogP contribution is 2.40. The van der Waals surface area contributed by atoms with Crippen LogP contribution in [-0.4, -0.2) is 67.8 Å². The topological polar surface area (TPSA) is 97.6 Å². The minimum Gasteiger partial charge on any atom is -0.444 e. The summed E-state index contributed by atoms with van der Waals surface area (Å²) in [5.41, 5.74) is -1.20. The third-order valence-corrected chi connectivity index (χ3v) is 7.55. The average molecular weight is 512 g/mol. The molecule has 0 spiro atoms. The number of halogens is 2. The van der Waals surface area contributed by atoms with E-state index in [1.807, 2.05) is 25.7 Å². The Labute approximate surface area is 203 Å².